The van der Waals surface area contributed by atoms with Crippen molar-refractivity contribution in [2.75, 3.05) is 13.2 Å². The van der Waals surface area contributed by atoms with Gasteiger partial charge in [0.1, 0.15) is 0 Å². The summed E-state index contributed by atoms with van der Waals surface area (Å²) in [5.41, 5.74) is 1.46. The summed E-state index contributed by atoms with van der Waals surface area (Å²) in [6.45, 7) is 7.26. The van der Waals surface area contributed by atoms with Gasteiger partial charge in [0.25, 0.3) is 0 Å². The molecule has 0 aromatic heterocycles. The maximum atomic E-state index is 13.0. The van der Waals surface area contributed by atoms with Crippen molar-refractivity contribution in [3.8, 4) is 0 Å². The molecule has 0 saturated heterocycles. The fourth-order valence-electron chi connectivity index (χ4n) is 3.33. The predicted octanol–water partition coefficient (Wildman–Crippen LogP) is 1.40. The quantitative estimate of drug-likeness (QED) is 0.600. The second kappa shape index (κ2) is 9.15. The molecule has 1 aliphatic rings. The van der Waals surface area contributed by atoms with Crippen molar-refractivity contribution < 1.29 is 19.8 Å². The van der Waals surface area contributed by atoms with E-state index in [9.17, 15) is 19.8 Å². The first-order valence-electron chi connectivity index (χ1n) is 9.32. The van der Waals surface area contributed by atoms with Gasteiger partial charge in [0, 0.05) is 13.0 Å². The van der Waals surface area contributed by atoms with E-state index in [-0.39, 0.29) is 37.5 Å². The summed E-state index contributed by atoms with van der Waals surface area (Å²) in [7, 11) is 0. The summed E-state index contributed by atoms with van der Waals surface area (Å²) >= 11 is 0. The third kappa shape index (κ3) is 5.40. The van der Waals surface area contributed by atoms with Crippen molar-refractivity contribution in [3.05, 3.63) is 48.0 Å². The first kappa shape index (κ1) is 21.1. The minimum atomic E-state index is -0.753. The fourth-order valence-corrected chi connectivity index (χ4v) is 3.33. The highest BCUT2D eigenvalue weighted by Gasteiger charge is 2.32. The Bertz CT molecular complexity index is 687. The van der Waals surface area contributed by atoms with E-state index in [4.69, 9.17) is 0 Å². The van der Waals surface area contributed by atoms with Crippen LogP contribution in [-0.4, -0.2) is 51.7 Å². The van der Waals surface area contributed by atoms with E-state index in [1.54, 1.807) is 24.8 Å². The lowest BCUT2D eigenvalue weighted by atomic mass is 9.92. The number of allylic oxidation sites excluding steroid dienone is 1. The molecule has 0 spiro atoms. The summed E-state index contributed by atoms with van der Waals surface area (Å²) in [6.07, 6.45) is 2.64. The molecule has 2 amide bonds. The van der Waals surface area contributed by atoms with E-state index in [2.05, 4.69) is 11.9 Å². The molecule has 0 radical (unpaired) electrons. The number of hydrogen-bond donors (Lipinski definition) is 3. The van der Waals surface area contributed by atoms with Gasteiger partial charge in [0.05, 0.1) is 30.7 Å². The lowest BCUT2D eigenvalue weighted by Crippen LogP contribution is -2.50. The topological polar surface area (TPSA) is 89.9 Å². The molecule has 0 saturated carbocycles. The molecular weight excluding hydrogens is 344 g/mol. The van der Waals surface area contributed by atoms with Crippen LogP contribution >= 0.6 is 0 Å². The molecule has 1 aliphatic heterocycles. The third-order valence-electron chi connectivity index (χ3n) is 4.99. The van der Waals surface area contributed by atoms with Crippen LogP contribution in [0.1, 0.15) is 37.8 Å². The van der Waals surface area contributed by atoms with E-state index >= 15 is 0 Å². The van der Waals surface area contributed by atoms with Gasteiger partial charge in [-0.3, -0.25) is 9.59 Å². The molecule has 0 fully saturated rings. The van der Waals surface area contributed by atoms with Crippen molar-refractivity contribution in [1.82, 2.24) is 10.2 Å². The number of rotatable bonds is 8. The van der Waals surface area contributed by atoms with Crippen LogP contribution in [0.5, 0.6) is 0 Å². The van der Waals surface area contributed by atoms with Gasteiger partial charge in [0.15, 0.2) is 0 Å². The maximum Gasteiger partial charge on any atom is 0.224 e. The first-order chi connectivity index (χ1) is 12.8. The monoisotopic (exact) mass is 374 g/mol. The number of amides is 2. The van der Waals surface area contributed by atoms with Crippen molar-refractivity contribution in [3.63, 3.8) is 0 Å². The lowest BCUT2D eigenvalue weighted by Gasteiger charge is -2.37. The molecular formula is C21H30N2O4. The molecule has 6 heteroatoms. The molecule has 6 nitrogen and oxygen atoms in total. The Balaban J connectivity index is 2.12. The fraction of sp³-hybridized carbons (Fsp3) is 0.524. The Labute approximate surface area is 160 Å². The maximum absolute atomic E-state index is 13.0. The number of benzene rings is 1. The smallest absolute Gasteiger partial charge is 0.224 e. The number of aliphatic hydroxyl groups is 2. The standard InChI is InChI=1S/C21H30N2O4/c1-4-7-16(20(27)22-21(2,3)14-25)11-19(26)23-12-17-9-6-5-8-15(17)10-18(23)13-24/h4-6,8-9,16,18,24-25H,1,7,10-14H2,2-3H3,(H,22,27)/t16-,18+/m1/s1. The van der Waals surface area contributed by atoms with Gasteiger partial charge >= 0.3 is 0 Å². The number of carbonyl (C=O) groups excluding carboxylic acids is 2. The Morgan fingerprint density at radius 3 is 2.59 bits per heavy atom. The molecule has 1 heterocycles. The molecule has 0 aliphatic carbocycles. The van der Waals surface area contributed by atoms with E-state index in [1.165, 1.54) is 0 Å². The number of nitrogens with zero attached hydrogens (tertiary/aromatic N) is 1. The molecule has 2 atom stereocenters. The van der Waals surface area contributed by atoms with Crippen molar-refractivity contribution in [2.24, 2.45) is 5.92 Å². The minimum absolute atomic E-state index is 0.0397. The van der Waals surface area contributed by atoms with Gasteiger partial charge in [-0.1, -0.05) is 30.3 Å². The van der Waals surface area contributed by atoms with Crippen LogP contribution in [-0.2, 0) is 22.6 Å². The summed E-state index contributed by atoms with van der Waals surface area (Å²) < 4.78 is 0. The number of hydrogen-bond acceptors (Lipinski definition) is 4. The van der Waals surface area contributed by atoms with Crippen molar-refractivity contribution in [2.45, 2.75) is 51.2 Å². The summed E-state index contributed by atoms with van der Waals surface area (Å²) in [5, 5.41) is 21.9. The van der Waals surface area contributed by atoms with Gasteiger partial charge in [-0.15, -0.1) is 6.58 Å². The Kier molecular flexibility index (Phi) is 7.16. The van der Waals surface area contributed by atoms with E-state index < -0.39 is 11.5 Å². The summed E-state index contributed by atoms with van der Waals surface area (Å²) in [4.78, 5) is 27.2. The molecule has 27 heavy (non-hydrogen) atoms. The van der Waals surface area contributed by atoms with Crippen LogP contribution in [0.2, 0.25) is 0 Å². The SMILES string of the molecule is C=CC[C@H](CC(=O)N1Cc2ccccc2C[C@H]1CO)C(=O)NC(C)(C)CO. The van der Waals surface area contributed by atoms with Crippen LogP contribution in [0, 0.1) is 5.92 Å². The third-order valence-corrected chi connectivity index (χ3v) is 4.99. The normalized spacial score (nSPS) is 17.8. The van der Waals surface area contributed by atoms with Crippen LogP contribution < -0.4 is 5.32 Å². The highest BCUT2D eigenvalue weighted by Crippen LogP contribution is 2.25. The van der Waals surface area contributed by atoms with Crippen LogP contribution in [0.4, 0.5) is 0 Å². The van der Waals surface area contributed by atoms with Crippen molar-refractivity contribution in [1.29, 1.82) is 0 Å². The van der Waals surface area contributed by atoms with E-state index in [0.29, 0.717) is 19.4 Å². The number of fused-ring (bicyclic) bond motifs is 1. The lowest BCUT2D eigenvalue weighted by molar-refractivity contribution is -0.140. The van der Waals surface area contributed by atoms with Gasteiger partial charge in [-0.05, 0) is 37.8 Å². The predicted molar refractivity (Wildman–Crippen MR) is 104 cm³/mol. The molecule has 148 valence electrons. The first-order valence-corrected chi connectivity index (χ1v) is 9.32. The van der Waals surface area contributed by atoms with Gasteiger partial charge in [-0.2, -0.15) is 0 Å². The highest BCUT2D eigenvalue weighted by atomic mass is 16.3. The van der Waals surface area contributed by atoms with Crippen molar-refractivity contribution >= 4 is 11.8 Å². The largest absolute Gasteiger partial charge is 0.394 e. The van der Waals surface area contributed by atoms with Gasteiger partial charge < -0.3 is 20.4 Å². The van der Waals surface area contributed by atoms with Crippen LogP contribution in [0.15, 0.2) is 36.9 Å². The number of nitrogens with one attached hydrogen (secondary N) is 1. The molecule has 1 aromatic rings. The van der Waals surface area contributed by atoms with Crippen LogP contribution in [0.25, 0.3) is 0 Å². The molecule has 0 unspecified atom stereocenters. The van der Waals surface area contributed by atoms with Gasteiger partial charge in [0.2, 0.25) is 11.8 Å². The Morgan fingerprint density at radius 2 is 2.00 bits per heavy atom. The highest BCUT2D eigenvalue weighted by molar-refractivity contribution is 5.86. The van der Waals surface area contributed by atoms with Gasteiger partial charge in [-0.25, -0.2) is 0 Å². The van der Waals surface area contributed by atoms with E-state index in [1.807, 2.05) is 24.3 Å². The van der Waals surface area contributed by atoms with Crippen LogP contribution in [0.3, 0.4) is 0 Å². The molecule has 2 rings (SSSR count). The zero-order chi connectivity index (χ0) is 20.0. The zero-order valence-electron chi connectivity index (χ0n) is 16.1. The van der Waals surface area contributed by atoms with E-state index in [0.717, 1.165) is 11.1 Å². The second-order valence-corrected chi connectivity index (χ2v) is 7.79. The second-order valence-electron chi connectivity index (χ2n) is 7.79. The minimum Gasteiger partial charge on any atom is -0.394 e. The zero-order valence-corrected chi connectivity index (χ0v) is 16.1. The number of carbonyl (C=O) groups is 2. The molecule has 1 aromatic carbocycles. The molecule has 0 bridgehead atoms. The molecule has 3 N–H and O–H groups in total. The Hall–Kier alpha value is -2.18. The average Bonchev–Trinajstić information content (AvgIpc) is 2.66. The number of aliphatic hydroxyl groups excluding tert-OH is 2. The summed E-state index contributed by atoms with van der Waals surface area (Å²) in [5.74, 6) is -0.995. The Morgan fingerprint density at radius 1 is 1.33 bits per heavy atom. The summed E-state index contributed by atoms with van der Waals surface area (Å²) in [6, 6.07) is 7.61. The average molecular weight is 374 g/mol.